The van der Waals surface area contributed by atoms with Crippen LogP contribution in [0.4, 0.5) is 39.8 Å². The molecule has 660 valence electrons. The topological polar surface area (TPSA) is 339 Å². The number of anilines is 6. The number of nitrogens with one attached hydrogen (secondary N) is 3. The number of aliphatic imine (C=N–C) groups is 1. The Balaban J connectivity index is 0.000000195. The SMILES string of the molecule is CC1=NN(c2ccc(C(=O)[O-])cc2)C(=O)C1=C/C=C/c1c(C)nn(-c2ccc(C(=O)[O-])cc2)c1[O-].CCN(CC)c1ccc(C=C2C(=O)N(c3c(Cl)cc(Cl)cc3Cl)N=C2NC(=O)c2cccc(NC(=O)COc3ccc(C(C)(C)CC)cc3C(C)(C)CC)c2)cc1.CCN(CCO)c1ccc(N=C2C=C(C(=O)Nc3cc(C)ccc3C)C(=O)c3ccccc32)c(C)c1. The third-order valence-corrected chi connectivity index (χ3v) is 23.2. The number of benzene rings is 9. The number of hydrazone groups is 2. The van der Waals surface area contributed by atoms with Gasteiger partial charge >= 0.3 is 0 Å². The molecule has 0 radical (unpaired) electrons. The van der Waals surface area contributed by atoms with Crippen molar-refractivity contribution in [1.82, 2.24) is 15.1 Å². The van der Waals surface area contributed by atoms with Gasteiger partial charge in [-0.25, -0.2) is 9.67 Å². The maximum absolute atomic E-state index is 14.0. The fourth-order valence-electron chi connectivity index (χ4n) is 14.1. The van der Waals surface area contributed by atoms with Gasteiger partial charge in [-0.3, -0.25) is 28.8 Å². The van der Waals surface area contributed by atoms with Crippen LogP contribution in [0.25, 0.3) is 17.8 Å². The average Bonchev–Trinajstić information content (AvgIpc) is 0.922. The summed E-state index contributed by atoms with van der Waals surface area (Å²) in [6.07, 6.45) is 9.71. The Morgan fingerprint density at radius 2 is 1.23 bits per heavy atom. The Labute approximate surface area is 758 Å². The summed E-state index contributed by atoms with van der Waals surface area (Å²) in [6.45, 7) is 31.4. The van der Waals surface area contributed by atoms with Gasteiger partial charge in [-0.15, -0.1) is 5.10 Å². The second-order valence-electron chi connectivity index (χ2n) is 31.8. The van der Waals surface area contributed by atoms with E-state index in [0.29, 0.717) is 80.0 Å². The van der Waals surface area contributed by atoms with Crippen LogP contribution in [0, 0.1) is 27.7 Å². The summed E-state index contributed by atoms with van der Waals surface area (Å²) in [7, 11) is 0. The number of carboxylic acids is 2. The van der Waals surface area contributed by atoms with Gasteiger partial charge in [0.05, 0.1) is 79.5 Å². The quantitative estimate of drug-likeness (QED) is 0.0274. The number of hydrogen-bond acceptors (Lipinski definition) is 19. The predicted octanol–water partition coefficient (Wildman–Crippen LogP) is 16.7. The molecule has 10 aromatic rings. The number of aromatic carboxylic acids is 2. The highest BCUT2D eigenvalue weighted by Crippen LogP contribution is 2.42. The number of aliphatic hydroxyl groups is 1. The number of carbonyl (C=O) groups excluding carboxylic acids is 8. The van der Waals surface area contributed by atoms with Crippen molar-refractivity contribution in [3.05, 3.63) is 311 Å². The molecular weight excluding hydrogens is 1680 g/mol. The van der Waals surface area contributed by atoms with Crippen LogP contribution >= 0.6 is 34.8 Å². The monoisotopic (exact) mass is 1780 g/mol. The largest absolute Gasteiger partial charge is 0.858 e. The van der Waals surface area contributed by atoms with Crippen molar-refractivity contribution in [1.29, 1.82) is 0 Å². The number of aromatic nitrogens is 2. The van der Waals surface area contributed by atoms with Crippen LogP contribution in [0.1, 0.15) is 174 Å². The standard InChI is InChI=1S/C45H50Cl3N5O4.C30H31N3O3.C25H20N4O6/c1-9-44(5,6)30-18-21-38(35(24-30)45(7,8)10-2)57-27-39(54)49-32-15-13-14-29(23-32)42(55)50-41-34(22-28-16-19-33(20-17-28)52(11-3)12-4)43(56)53(51-41)40-36(47)25-31(46)26-37(40)48;1-5-33(14-15-34)22-12-13-26(21(4)17-22)31-28-18-25(29(35)24-9-7-6-8-23(24)28)30(36)32-27-16-19(2)10-11-20(27)3;1-14-20(22(30)28(26-14)18-10-6-16(7-11-18)24(32)33)4-3-5-21-15(2)27-29(23(21)31)19-12-8-17(9-13-19)25(34)35/h13-26H,9-12,27H2,1-8H3,(H,49,54)(H,50,51,55);6-13,16-18,34H,5,14-15H2,1-4H3,(H,32,36);3-13,30H,1-2H3,(H,32,33)(H,34,35)/p-3/b;;4-3+,21-5?. The van der Waals surface area contributed by atoms with Crippen molar-refractivity contribution in [2.45, 2.75) is 121 Å². The molecule has 3 aliphatic rings. The molecule has 0 saturated heterocycles. The van der Waals surface area contributed by atoms with Crippen LogP contribution in [-0.2, 0) is 30.0 Å². The number of hydrogen-bond donors (Lipinski definition) is 4. The van der Waals surface area contributed by atoms with Gasteiger partial charge in [0.15, 0.2) is 18.2 Å². The second kappa shape index (κ2) is 41.5. The van der Waals surface area contributed by atoms with Crippen LogP contribution in [0.15, 0.2) is 238 Å². The molecule has 0 fully saturated rings. The van der Waals surface area contributed by atoms with Gasteiger partial charge in [-0.2, -0.15) is 20.2 Å². The molecule has 0 unspecified atom stereocenters. The van der Waals surface area contributed by atoms with Gasteiger partial charge < -0.3 is 60.5 Å². The van der Waals surface area contributed by atoms with E-state index in [9.17, 15) is 58.8 Å². The minimum Gasteiger partial charge on any atom is -0.858 e. The number of fused-ring (bicyclic) bond motifs is 1. The molecule has 3 heterocycles. The molecule has 0 atom stereocenters. The van der Waals surface area contributed by atoms with Crippen molar-refractivity contribution in [2.75, 3.05) is 69.8 Å². The number of rotatable bonds is 27. The summed E-state index contributed by atoms with van der Waals surface area (Å²) in [5.74, 6) is -5.08. The number of ketones is 1. The van der Waals surface area contributed by atoms with Gasteiger partial charge in [0.2, 0.25) is 0 Å². The molecule has 13 rings (SSSR count). The highest BCUT2D eigenvalue weighted by atomic mass is 35.5. The fourth-order valence-corrected chi connectivity index (χ4v) is 15.1. The van der Waals surface area contributed by atoms with E-state index >= 15 is 0 Å². The summed E-state index contributed by atoms with van der Waals surface area (Å²) in [5, 5.41) is 68.2. The summed E-state index contributed by atoms with van der Waals surface area (Å²) >= 11 is 19.2. The van der Waals surface area contributed by atoms with E-state index in [1.807, 2.05) is 107 Å². The van der Waals surface area contributed by atoms with E-state index in [-0.39, 0.29) is 90.2 Å². The first kappa shape index (κ1) is 94.8. The van der Waals surface area contributed by atoms with Gasteiger partial charge in [0, 0.05) is 81.8 Å². The van der Waals surface area contributed by atoms with E-state index in [1.54, 1.807) is 62.4 Å². The van der Waals surface area contributed by atoms with E-state index in [1.165, 1.54) is 84.4 Å². The number of ether oxygens (including phenoxy) is 1. The molecule has 28 heteroatoms. The van der Waals surface area contributed by atoms with Crippen LogP contribution < -0.4 is 55.8 Å². The number of amides is 5. The molecule has 2 aliphatic heterocycles. The van der Waals surface area contributed by atoms with Crippen molar-refractivity contribution >= 4 is 151 Å². The summed E-state index contributed by atoms with van der Waals surface area (Å²) in [5.41, 5.74) is 14.1. The number of likely N-dealkylation sites (N-methyl/N-ethyl adjacent to an activating group) is 1. The van der Waals surface area contributed by atoms with E-state index < -0.39 is 41.4 Å². The summed E-state index contributed by atoms with van der Waals surface area (Å²) in [4.78, 5) is 111. The van der Waals surface area contributed by atoms with Crippen LogP contribution in [0.3, 0.4) is 0 Å². The Bertz CT molecular complexity index is 6180. The summed E-state index contributed by atoms with van der Waals surface area (Å²) < 4.78 is 7.28. The number of aliphatic hydroxyl groups excluding tert-OH is 1. The average molecular weight is 1780 g/mol. The van der Waals surface area contributed by atoms with Crippen LogP contribution in [-0.4, -0.2) is 119 Å². The molecule has 9 aromatic carbocycles. The first-order valence-corrected chi connectivity index (χ1v) is 42.8. The number of nitrogens with zero attached hydrogens (tertiary/aromatic N) is 9. The zero-order valence-electron chi connectivity index (χ0n) is 73.4. The number of allylic oxidation sites excluding steroid dienone is 3. The normalized spacial score (nSPS) is 14.1. The third-order valence-electron chi connectivity index (χ3n) is 22.4. The predicted molar refractivity (Wildman–Crippen MR) is 502 cm³/mol. The van der Waals surface area contributed by atoms with Gasteiger partial charge in [-0.05, 0) is 239 Å². The molecule has 0 saturated carbocycles. The zero-order valence-corrected chi connectivity index (χ0v) is 75.7. The fraction of sp³-hybridized carbons (Fsp3) is 0.240. The Hall–Kier alpha value is -13.9. The maximum atomic E-state index is 14.0. The first-order chi connectivity index (χ1) is 61.0. The molecule has 1 aliphatic carbocycles. The maximum Gasteiger partial charge on any atom is 0.282 e. The van der Waals surface area contributed by atoms with E-state index in [2.05, 4.69) is 109 Å². The Morgan fingerprint density at radius 1 is 0.602 bits per heavy atom. The number of carbonyl (C=O) groups is 8. The van der Waals surface area contributed by atoms with E-state index in [0.717, 1.165) is 86.5 Å². The molecule has 0 spiro atoms. The van der Waals surface area contributed by atoms with E-state index in [4.69, 9.17) is 44.5 Å². The van der Waals surface area contributed by atoms with Crippen molar-refractivity contribution in [2.24, 2.45) is 15.2 Å². The zero-order chi connectivity index (χ0) is 92.8. The molecule has 5 amide bonds. The minimum absolute atomic E-state index is 0.00142. The number of amidine groups is 1. The first-order valence-electron chi connectivity index (χ1n) is 41.6. The lowest BCUT2D eigenvalue weighted by Crippen LogP contribution is -2.31. The number of halogens is 3. The molecule has 0 bridgehead atoms. The lowest BCUT2D eigenvalue weighted by molar-refractivity contribution is -0.278. The highest BCUT2D eigenvalue weighted by Gasteiger charge is 2.37. The van der Waals surface area contributed by atoms with Crippen molar-refractivity contribution < 1.29 is 63.5 Å². The smallest absolute Gasteiger partial charge is 0.282 e. The number of Topliss-reactive ketones (excluding diaryl/α,β-unsaturated/α-hetero) is 1. The molecular formula is C100H98Cl3N12O13-3. The van der Waals surface area contributed by atoms with Gasteiger partial charge in [0.25, 0.3) is 29.5 Å². The lowest BCUT2D eigenvalue weighted by atomic mass is 9.76. The molecule has 1 aromatic heterocycles. The van der Waals surface area contributed by atoms with Gasteiger partial charge in [0.1, 0.15) is 11.4 Å². The van der Waals surface area contributed by atoms with Gasteiger partial charge in [-0.1, -0.05) is 179 Å². The van der Waals surface area contributed by atoms with Crippen molar-refractivity contribution in [3.63, 3.8) is 0 Å². The van der Waals surface area contributed by atoms with Crippen LogP contribution in [0.2, 0.25) is 15.1 Å². The van der Waals surface area contributed by atoms with Crippen LogP contribution in [0.5, 0.6) is 11.6 Å². The minimum atomic E-state index is -1.32. The van der Waals surface area contributed by atoms with Crippen molar-refractivity contribution in [3.8, 4) is 17.3 Å². The Morgan fingerprint density at radius 3 is 1.84 bits per heavy atom. The number of aryl methyl sites for hydroxylation is 4. The second-order valence-corrected chi connectivity index (χ2v) is 33.0. The summed E-state index contributed by atoms with van der Waals surface area (Å²) in [6, 6.07) is 53.5. The third kappa shape index (κ3) is 22.1. The molecule has 4 N–H and O–H groups in total. The lowest BCUT2D eigenvalue weighted by Gasteiger charge is -2.30. The Kier molecular flexibility index (Phi) is 30.8. The molecule has 25 nitrogen and oxygen atoms in total. The number of carboxylic acid groups (broad SMARTS) is 2. The molecule has 128 heavy (non-hydrogen) atoms. The highest BCUT2D eigenvalue weighted by molar-refractivity contribution is 6.44.